The van der Waals surface area contributed by atoms with E-state index >= 15 is 0 Å². The van der Waals surface area contributed by atoms with Crippen LogP contribution in [0, 0.1) is 10.1 Å². The molecule has 1 fully saturated rings. The van der Waals surface area contributed by atoms with Gasteiger partial charge >= 0.3 is 0 Å². The Labute approximate surface area is 119 Å². The number of nitrogens with one attached hydrogen (secondary N) is 1. The Morgan fingerprint density at radius 3 is 2.76 bits per heavy atom. The Bertz CT molecular complexity index is 604. The molecule has 1 saturated heterocycles. The highest BCUT2D eigenvalue weighted by molar-refractivity contribution is 5.99. The van der Waals surface area contributed by atoms with Gasteiger partial charge in [0.1, 0.15) is 18.1 Å². The van der Waals surface area contributed by atoms with Crippen LogP contribution in [0.15, 0.2) is 12.3 Å². The molecular weight excluding hydrogens is 280 g/mol. The molecule has 0 spiro atoms. The van der Waals surface area contributed by atoms with E-state index in [2.05, 4.69) is 10.3 Å². The number of nitrogens with zero attached hydrogens (tertiary/aromatic N) is 3. The van der Waals surface area contributed by atoms with Crippen molar-refractivity contribution in [2.45, 2.75) is 6.04 Å². The van der Waals surface area contributed by atoms with Gasteiger partial charge in [0.2, 0.25) is 5.91 Å². The third kappa shape index (κ3) is 2.89. The Balaban J connectivity index is 2.48. The van der Waals surface area contributed by atoms with E-state index in [-0.39, 0.29) is 17.1 Å². The SMILES string of the molecule is NC(=O)c1cc([N+](=O)[O-])cnc1N1CCNCC1C(N)=O. The summed E-state index contributed by atoms with van der Waals surface area (Å²) < 4.78 is 0. The Hall–Kier alpha value is -2.75. The number of carbonyl (C=O) groups is 2. The number of anilines is 1. The van der Waals surface area contributed by atoms with Gasteiger partial charge in [0.25, 0.3) is 11.6 Å². The minimum absolute atomic E-state index is 0.114. The van der Waals surface area contributed by atoms with Gasteiger partial charge in [0.05, 0.1) is 10.5 Å². The summed E-state index contributed by atoms with van der Waals surface area (Å²) in [5, 5.41) is 13.8. The van der Waals surface area contributed by atoms with Gasteiger partial charge in [-0.2, -0.15) is 0 Å². The van der Waals surface area contributed by atoms with Crippen LogP contribution in [0.2, 0.25) is 0 Å². The zero-order valence-corrected chi connectivity index (χ0v) is 11.0. The van der Waals surface area contributed by atoms with Gasteiger partial charge in [-0.05, 0) is 0 Å². The third-order valence-corrected chi connectivity index (χ3v) is 3.17. The monoisotopic (exact) mass is 294 g/mol. The van der Waals surface area contributed by atoms with Crippen LogP contribution in [0.4, 0.5) is 11.5 Å². The lowest BCUT2D eigenvalue weighted by atomic mass is 10.1. The molecule has 10 nitrogen and oxygen atoms in total. The standard InChI is InChI=1S/C11H14N6O4/c12-9(18)7-3-6(17(20)21)4-15-11(7)16-2-1-14-5-8(16)10(13)19/h3-4,8,14H,1-2,5H2,(H2,12,18)(H2,13,19). The first-order valence-electron chi connectivity index (χ1n) is 6.12. The van der Waals surface area contributed by atoms with Crippen LogP contribution in [-0.2, 0) is 4.79 Å². The Morgan fingerprint density at radius 2 is 2.19 bits per heavy atom. The number of hydrogen-bond donors (Lipinski definition) is 3. The summed E-state index contributed by atoms with van der Waals surface area (Å²) in [7, 11) is 0. The normalized spacial score (nSPS) is 18.3. The highest BCUT2D eigenvalue weighted by Gasteiger charge is 2.31. The van der Waals surface area contributed by atoms with Crippen LogP contribution in [0.3, 0.4) is 0 Å². The molecule has 1 aliphatic heterocycles. The van der Waals surface area contributed by atoms with Crippen molar-refractivity contribution in [3.05, 3.63) is 27.9 Å². The highest BCUT2D eigenvalue weighted by Crippen LogP contribution is 2.24. The molecule has 0 saturated carbocycles. The number of carbonyl (C=O) groups excluding carboxylic acids is 2. The van der Waals surface area contributed by atoms with Crippen molar-refractivity contribution in [1.82, 2.24) is 10.3 Å². The first-order valence-corrected chi connectivity index (χ1v) is 6.12. The molecule has 112 valence electrons. The molecule has 2 heterocycles. The summed E-state index contributed by atoms with van der Waals surface area (Å²) in [6.45, 7) is 1.23. The lowest BCUT2D eigenvalue weighted by Gasteiger charge is -2.35. The van der Waals surface area contributed by atoms with Gasteiger partial charge in [-0.25, -0.2) is 4.98 Å². The van der Waals surface area contributed by atoms with Crippen LogP contribution in [0.1, 0.15) is 10.4 Å². The molecule has 1 aliphatic rings. The second-order valence-electron chi connectivity index (χ2n) is 4.50. The summed E-state index contributed by atoms with van der Waals surface area (Å²) in [5.41, 5.74) is 10.1. The number of rotatable bonds is 4. The van der Waals surface area contributed by atoms with Crippen LogP contribution < -0.4 is 21.7 Å². The van der Waals surface area contributed by atoms with Crippen molar-refractivity contribution in [2.75, 3.05) is 24.5 Å². The second-order valence-corrected chi connectivity index (χ2v) is 4.50. The molecule has 0 radical (unpaired) electrons. The molecule has 0 aliphatic carbocycles. The van der Waals surface area contributed by atoms with Gasteiger partial charge in [-0.15, -0.1) is 0 Å². The van der Waals surface area contributed by atoms with Gasteiger partial charge in [0.15, 0.2) is 0 Å². The summed E-state index contributed by atoms with van der Waals surface area (Å²) in [4.78, 5) is 38.5. The zero-order chi connectivity index (χ0) is 15.6. The maximum atomic E-state index is 11.5. The number of pyridine rings is 1. The lowest BCUT2D eigenvalue weighted by Crippen LogP contribution is -2.57. The van der Waals surface area contributed by atoms with E-state index < -0.39 is 22.8 Å². The second kappa shape index (κ2) is 5.71. The van der Waals surface area contributed by atoms with E-state index in [1.54, 1.807) is 0 Å². The van der Waals surface area contributed by atoms with Crippen molar-refractivity contribution >= 4 is 23.3 Å². The fourth-order valence-corrected chi connectivity index (χ4v) is 2.17. The van der Waals surface area contributed by atoms with Gasteiger partial charge in [0, 0.05) is 25.7 Å². The fraction of sp³-hybridized carbons (Fsp3) is 0.364. The first-order chi connectivity index (χ1) is 9.91. The van der Waals surface area contributed by atoms with Crippen LogP contribution in [0.5, 0.6) is 0 Å². The first kappa shape index (κ1) is 14.7. The summed E-state index contributed by atoms with van der Waals surface area (Å²) >= 11 is 0. The van der Waals surface area contributed by atoms with E-state index in [4.69, 9.17) is 11.5 Å². The Kier molecular flexibility index (Phi) is 3.98. The maximum absolute atomic E-state index is 11.5. The topological polar surface area (TPSA) is 157 Å². The average molecular weight is 294 g/mol. The van der Waals surface area contributed by atoms with E-state index in [1.807, 2.05) is 0 Å². The maximum Gasteiger partial charge on any atom is 0.288 e. The van der Waals surface area contributed by atoms with Crippen molar-refractivity contribution in [3.8, 4) is 0 Å². The molecule has 10 heteroatoms. The number of aromatic nitrogens is 1. The molecule has 21 heavy (non-hydrogen) atoms. The van der Waals surface area contributed by atoms with E-state index in [0.717, 1.165) is 12.3 Å². The molecule has 2 amide bonds. The number of piperazine rings is 1. The largest absolute Gasteiger partial charge is 0.368 e. The number of amides is 2. The summed E-state index contributed by atoms with van der Waals surface area (Å²) in [6.07, 6.45) is 1.02. The minimum atomic E-state index is -0.858. The quantitative estimate of drug-likeness (QED) is 0.443. The highest BCUT2D eigenvalue weighted by atomic mass is 16.6. The van der Waals surface area contributed by atoms with Gasteiger partial charge < -0.3 is 21.7 Å². The summed E-state index contributed by atoms with van der Waals surface area (Å²) in [6, 6.07) is 0.343. The van der Waals surface area contributed by atoms with Crippen LogP contribution in [0.25, 0.3) is 0 Å². The number of primary amides is 2. The molecule has 2 rings (SSSR count). The van der Waals surface area contributed by atoms with Crippen molar-refractivity contribution in [3.63, 3.8) is 0 Å². The predicted octanol–water partition coefficient (Wildman–Crippen LogP) is -1.65. The zero-order valence-electron chi connectivity index (χ0n) is 11.0. The molecular formula is C11H14N6O4. The van der Waals surface area contributed by atoms with Crippen LogP contribution in [-0.4, -0.2) is 47.4 Å². The molecule has 1 aromatic rings. The minimum Gasteiger partial charge on any atom is -0.368 e. The van der Waals surface area contributed by atoms with E-state index in [0.29, 0.717) is 19.6 Å². The van der Waals surface area contributed by atoms with Gasteiger partial charge in [-0.3, -0.25) is 19.7 Å². The smallest absolute Gasteiger partial charge is 0.288 e. The molecule has 1 atom stereocenters. The van der Waals surface area contributed by atoms with Crippen molar-refractivity contribution in [1.29, 1.82) is 0 Å². The summed E-state index contributed by atoms with van der Waals surface area (Å²) in [5.74, 6) is -1.32. The fourth-order valence-electron chi connectivity index (χ4n) is 2.17. The molecule has 5 N–H and O–H groups in total. The predicted molar refractivity (Wildman–Crippen MR) is 72.6 cm³/mol. The van der Waals surface area contributed by atoms with Crippen molar-refractivity contribution in [2.24, 2.45) is 11.5 Å². The van der Waals surface area contributed by atoms with E-state index in [9.17, 15) is 19.7 Å². The van der Waals surface area contributed by atoms with Gasteiger partial charge in [-0.1, -0.05) is 0 Å². The Morgan fingerprint density at radius 1 is 1.48 bits per heavy atom. The molecule has 1 aromatic heterocycles. The molecule has 0 bridgehead atoms. The average Bonchev–Trinajstić information content (AvgIpc) is 2.46. The van der Waals surface area contributed by atoms with E-state index in [1.165, 1.54) is 4.90 Å². The lowest BCUT2D eigenvalue weighted by molar-refractivity contribution is -0.385. The number of nitrogens with two attached hydrogens (primary N) is 2. The molecule has 1 unspecified atom stereocenters. The molecule has 0 aromatic carbocycles. The third-order valence-electron chi connectivity index (χ3n) is 3.17. The van der Waals surface area contributed by atoms with Crippen molar-refractivity contribution < 1.29 is 14.5 Å². The van der Waals surface area contributed by atoms with Crippen LogP contribution >= 0.6 is 0 Å². The number of nitro groups is 1. The number of hydrogen-bond acceptors (Lipinski definition) is 7.